The molecule has 0 saturated carbocycles. The van der Waals surface area contributed by atoms with Crippen LogP contribution >= 0.6 is 0 Å². The van der Waals surface area contributed by atoms with Crippen molar-refractivity contribution < 1.29 is 23.2 Å². The standard InChI is InChI=1S/C19H17FN4O4S/c1-3-4-15(25)14-10-28-18-16(29(27)23-14)9-24(2)17(18)19(26)22-12-5-6-13(20)11(7-12)8-21/h5-7,9,14-15,23,25H,10H2,1-2H3,(H,22,26). The van der Waals surface area contributed by atoms with Crippen molar-refractivity contribution in [1.82, 2.24) is 9.29 Å². The number of nitrogens with one attached hydrogen (secondary N) is 2. The predicted molar refractivity (Wildman–Crippen MR) is 103 cm³/mol. The van der Waals surface area contributed by atoms with Crippen molar-refractivity contribution in [3.8, 4) is 23.7 Å². The van der Waals surface area contributed by atoms with Crippen LogP contribution in [0, 0.1) is 29.0 Å². The van der Waals surface area contributed by atoms with Crippen LogP contribution in [0.5, 0.6) is 5.75 Å². The smallest absolute Gasteiger partial charge is 0.276 e. The number of nitrogens with zero attached hydrogens (tertiary/aromatic N) is 2. The minimum Gasteiger partial charge on any atom is -0.488 e. The highest BCUT2D eigenvalue weighted by Gasteiger charge is 2.32. The molecule has 3 rings (SSSR count). The number of aromatic nitrogens is 1. The highest BCUT2D eigenvalue weighted by Crippen LogP contribution is 2.31. The monoisotopic (exact) mass is 416 g/mol. The average Bonchev–Trinajstić information content (AvgIpc) is 2.94. The van der Waals surface area contributed by atoms with Gasteiger partial charge in [0.05, 0.1) is 11.6 Å². The molecule has 0 aliphatic carbocycles. The van der Waals surface area contributed by atoms with E-state index in [2.05, 4.69) is 21.9 Å². The van der Waals surface area contributed by atoms with Crippen LogP contribution in [-0.4, -0.2) is 38.5 Å². The number of aliphatic hydroxyl groups excluding tert-OH is 1. The zero-order valence-corrected chi connectivity index (χ0v) is 16.3. The highest BCUT2D eigenvalue weighted by atomic mass is 32.2. The van der Waals surface area contributed by atoms with E-state index in [1.807, 2.05) is 0 Å². The van der Waals surface area contributed by atoms with Crippen LogP contribution in [0.1, 0.15) is 23.0 Å². The van der Waals surface area contributed by atoms with E-state index in [-0.39, 0.29) is 34.2 Å². The quantitative estimate of drug-likeness (QED) is 0.647. The second-order valence-electron chi connectivity index (χ2n) is 6.19. The van der Waals surface area contributed by atoms with Gasteiger partial charge in [-0.05, 0) is 25.1 Å². The number of hydrogen-bond acceptors (Lipinski definition) is 5. The molecule has 3 unspecified atom stereocenters. The van der Waals surface area contributed by atoms with Crippen molar-refractivity contribution in [3.05, 3.63) is 41.5 Å². The van der Waals surface area contributed by atoms with Gasteiger partial charge in [-0.1, -0.05) is 5.92 Å². The third kappa shape index (κ3) is 4.15. The molecule has 150 valence electrons. The summed E-state index contributed by atoms with van der Waals surface area (Å²) in [6, 6.07) is 4.61. The molecule has 1 amide bonds. The lowest BCUT2D eigenvalue weighted by atomic mass is 10.2. The number of halogens is 1. The van der Waals surface area contributed by atoms with E-state index in [0.29, 0.717) is 0 Å². The Balaban J connectivity index is 1.89. The summed E-state index contributed by atoms with van der Waals surface area (Å²) in [5.74, 6) is 3.98. The van der Waals surface area contributed by atoms with Gasteiger partial charge in [-0.15, -0.1) is 5.92 Å². The summed E-state index contributed by atoms with van der Waals surface area (Å²) < 4.78 is 36.0. The number of aryl methyl sites for hydroxylation is 1. The molecule has 1 aromatic heterocycles. The molecule has 1 aliphatic rings. The number of anilines is 1. The van der Waals surface area contributed by atoms with Crippen molar-refractivity contribution in [3.63, 3.8) is 0 Å². The Kier molecular flexibility index (Phi) is 5.99. The fourth-order valence-corrected chi connectivity index (χ4v) is 3.98. The fraction of sp³-hybridized carbons (Fsp3) is 0.263. The van der Waals surface area contributed by atoms with Crippen molar-refractivity contribution in [2.75, 3.05) is 11.9 Å². The summed E-state index contributed by atoms with van der Waals surface area (Å²) in [7, 11) is -0.156. The Labute approximate surface area is 168 Å². The zero-order chi connectivity index (χ0) is 21.1. The first-order valence-electron chi connectivity index (χ1n) is 8.47. The molecule has 0 saturated heterocycles. The lowest BCUT2D eigenvalue weighted by molar-refractivity contribution is 0.101. The number of amides is 1. The number of fused-ring (bicyclic) bond motifs is 1. The van der Waals surface area contributed by atoms with Gasteiger partial charge in [-0.2, -0.15) is 5.26 Å². The Morgan fingerprint density at radius 1 is 1.55 bits per heavy atom. The summed E-state index contributed by atoms with van der Waals surface area (Å²) in [6.07, 6.45) is 0.390. The summed E-state index contributed by atoms with van der Waals surface area (Å²) in [5, 5.41) is 21.6. The van der Waals surface area contributed by atoms with E-state index in [0.717, 1.165) is 6.07 Å². The summed E-state index contributed by atoms with van der Waals surface area (Å²) in [6.45, 7) is 1.51. The van der Waals surface area contributed by atoms with Crippen molar-refractivity contribution in [2.45, 2.75) is 24.0 Å². The number of hydrogen-bond donors (Lipinski definition) is 3. The Bertz CT molecular complexity index is 1100. The molecule has 8 nitrogen and oxygen atoms in total. The van der Waals surface area contributed by atoms with E-state index < -0.39 is 34.9 Å². The molecule has 1 aliphatic heterocycles. The lowest BCUT2D eigenvalue weighted by Gasteiger charge is -2.17. The molecular formula is C19H17FN4O4S. The molecule has 2 heterocycles. The maximum absolute atomic E-state index is 13.5. The largest absolute Gasteiger partial charge is 0.488 e. The van der Waals surface area contributed by atoms with Crippen molar-refractivity contribution in [2.24, 2.45) is 7.05 Å². The average molecular weight is 416 g/mol. The van der Waals surface area contributed by atoms with Gasteiger partial charge in [0.25, 0.3) is 5.91 Å². The van der Waals surface area contributed by atoms with E-state index >= 15 is 0 Å². The van der Waals surface area contributed by atoms with Gasteiger partial charge in [-0.25, -0.2) is 13.3 Å². The van der Waals surface area contributed by atoms with E-state index in [4.69, 9.17) is 10.00 Å². The first-order valence-corrected chi connectivity index (χ1v) is 9.62. The van der Waals surface area contributed by atoms with E-state index in [1.54, 1.807) is 20.0 Å². The molecule has 10 heteroatoms. The van der Waals surface area contributed by atoms with Crippen LogP contribution in [0.4, 0.5) is 10.1 Å². The molecule has 2 aromatic rings. The van der Waals surface area contributed by atoms with Gasteiger partial charge in [-0.3, -0.25) is 4.79 Å². The van der Waals surface area contributed by atoms with Gasteiger partial charge in [0, 0.05) is 18.9 Å². The van der Waals surface area contributed by atoms with Gasteiger partial charge in [0.15, 0.2) is 11.4 Å². The molecule has 0 spiro atoms. The van der Waals surface area contributed by atoms with Crippen LogP contribution < -0.4 is 14.8 Å². The van der Waals surface area contributed by atoms with E-state index in [9.17, 15) is 18.5 Å². The number of carbonyl (C=O) groups excluding carboxylic acids is 1. The van der Waals surface area contributed by atoms with Gasteiger partial charge in [0.1, 0.15) is 40.5 Å². The van der Waals surface area contributed by atoms with Crippen LogP contribution in [-0.2, 0) is 18.0 Å². The number of ether oxygens (including phenoxy) is 1. The zero-order valence-electron chi connectivity index (χ0n) is 15.5. The number of nitriles is 1. The minimum absolute atomic E-state index is 0.0615. The molecule has 0 radical (unpaired) electrons. The number of aliphatic hydroxyl groups is 1. The van der Waals surface area contributed by atoms with Crippen LogP contribution in [0.25, 0.3) is 0 Å². The Hall–Kier alpha value is -3.18. The molecule has 3 atom stereocenters. The Morgan fingerprint density at radius 3 is 3.00 bits per heavy atom. The first-order chi connectivity index (χ1) is 13.8. The van der Waals surface area contributed by atoms with Crippen LogP contribution in [0.3, 0.4) is 0 Å². The summed E-state index contributed by atoms with van der Waals surface area (Å²) in [5.41, 5.74) is 0.112. The van der Waals surface area contributed by atoms with Crippen LogP contribution in [0.15, 0.2) is 29.3 Å². The minimum atomic E-state index is -1.74. The Morgan fingerprint density at radius 2 is 2.31 bits per heavy atom. The maximum atomic E-state index is 13.5. The second kappa shape index (κ2) is 8.45. The molecule has 1 aromatic carbocycles. The van der Waals surface area contributed by atoms with Gasteiger partial charge < -0.3 is 19.7 Å². The number of carbonyl (C=O) groups is 1. The maximum Gasteiger partial charge on any atom is 0.276 e. The second-order valence-corrected chi connectivity index (χ2v) is 7.40. The lowest BCUT2D eigenvalue weighted by Crippen LogP contribution is -2.43. The fourth-order valence-electron chi connectivity index (χ4n) is 2.80. The van der Waals surface area contributed by atoms with Gasteiger partial charge >= 0.3 is 0 Å². The van der Waals surface area contributed by atoms with Gasteiger partial charge in [0.2, 0.25) is 0 Å². The highest BCUT2D eigenvalue weighted by molar-refractivity contribution is 7.83. The third-order valence-electron chi connectivity index (χ3n) is 4.20. The molecule has 3 N–H and O–H groups in total. The van der Waals surface area contributed by atoms with Crippen molar-refractivity contribution >= 4 is 22.6 Å². The predicted octanol–water partition coefficient (Wildman–Crippen LogP) is 1.05. The molecule has 0 bridgehead atoms. The number of benzene rings is 1. The third-order valence-corrected chi connectivity index (χ3v) is 5.41. The first kappa shape index (κ1) is 20.6. The van der Waals surface area contributed by atoms with Crippen LogP contribution in [0.2, 0.25) is 0 Å². The molecule has 29 heavy (non-hydrogen) atoms. The number of rotatable bonds is 3. The summed E-state index contributed by atoms with van der Waals surface area (Å²) in [4.78, 5) is 13.1. The topological polar surface area (TPSA) is 116 Å². The normalized spacial score (nSPS) is 18.9. The SMILES string of the molecule is CC#CC(O)C1COc2c(cn(C)c2C(=O)Nc2ccc(F)c(C#N)c2)S(=O)N1. The van der Waals surface area contributed by atoms with E-state index in [1.165, 1.54) is 22.9 Å². The molecule has 0 fully saturated rings. The summed E-state index contributed by atoms with van der Waals surface area (Å²) >= 11 is 0. The molecular weight excluding hydrogens is 399 g/mol. The van der Waals surface area contributed by atoms with Crippen molar-refractivity contribution in [1.29, 1.82) is 5.26 Å².